The maximum Gasteiger partial charge on any atom is 0.241 e. The van der Waals surface area contributed by atoms with Gasteiger partial charge in [-0.25, -0.2) is 0 Å². The standard InChI is InChI=1S/C16H24N2O/c1-4-9-12(3)18-15(13-10-7-6-8-11-13)17-14(5-2)16(18)19/h6-8,10-12,14-15,17H,4-5,9H2,1-3H3. The van der Waals surface area contributed by atoms with E-state index in [1.807, 2.05) is 23.1 Å². The van der Waals surface area contributed by atoms with Crippen LogP contribution in [0.1, 0.15) is 51.8 Å². The molecule has 0 aromatic heterocycles. The van der Waals surface area contributed by atoms with Crippen LogP contribution in [0.2, 0.25) is 0 Å². The molecule has 3 atom stereocenters. The van der Waals surface area contributed by atoms with Crippen LogP contribution in [0.15, 0.2) is 30.3 Å². The highest BCUT2D eigenvalue weighted by molar-refractivity contribution is 5.84. The summed E-state index contributed by atoms with van der Waals surface area (Å²) in [6.45, 7) is 6.38. The molecule has 1 heterocycles. The van der Waals surface area contributed by atoms with Gasteiger partial charge < -0.3 is 4.90 Å². The van der Waals surface area contributed by atoms with Gasteiger partial charge in [0.25, 0.3) is 0 Å². The molecule has 104 valence electrons. The first-order chi connectivity index (χ1) is 9.19. The minimum Gasteiger partial charge on any atom is -0.319 e. The summed E-state index contributed by atoms with van der Waals surface area (Å²) in [6.07, 6.45) is 3.02. The van der Waals surface area contributed by atoms with Gasteiger partial charge in [-0.05, 0) is 25.3 Å². The van der Waals surface area contributed by atoms with Crippen molar-refractivity contribution in [2.75, 3.05) is 0 Å². The Hall–Kier alpha value is -1.35. The van der Waals surface area contributed by atoms with Crippen molar-refractivity contribution in [3.63, 3.8) is 0 Å². The zero-order valence-electron chi connectivity index (χ0n) is 12.1. The molecule has 1 aliphatic heterocycles. The number of hydrogen-bond acceptors (Lipinski definition) is 2. The van der Waals surface area contributed by atoms with E-state index in [2.05, 4.69) is 38.2 Å². The molecule has 1 saturated heterocycles. The lowest BCUT2D eigenvalue weighted by Gasteiger charge is -2.30. The number of rotatable bonds is 5. The molecule has 0 spiro atoms. The largest absolute Gasteiger partial charge is 0.319 e. The lowest BCUT2D eigenvalue weighted by molar-refractivity contribution is -0.132. The summed E-state index contributed by atoms with van der Waals surface area (Å²) in [6, 6.07) is 10.5. The normalized spacial score (nSPS) is 24.8. The molecule has 1 aromatic carbocycles. The van der Waals surface area contributed by atoms with Crippen molar-refractivity contribution in [2.24, 2.45) is 0 Å². The van der Waals surface area contributed by atoms with Gasteiger partial charge in [-0.3, -0.25) is 10.1 Å². The molecule has 3 heteroatoms. The number of nitrogens with one attached hydrogen (secondary N) is 1. The molecule has 3 nitrogen and oxygen atoms in total. The summed E-state index contributed by atoms with van der Waals surface area (Å²) in [5.41, 5.74) is 1.18. The van der Waals surface area contributed by atoms with Gasteiger partial charge in [0.15, 0.2) is 0 Å². The first kappa shape index (κ1) is 14.1. The first-order valence-electron chi connectivity index (χ1n) is 7.32. The van der Waals surface area contributed by atoms with Crippen molar-refractivity contribution >= 4 is 5.91 Å². The quantitative estimate of drug-likeness (QED) is 0.882. The highest BCUT2D eigenvalue weighted by Gasteiger charge is 2.40. The van der Waals surface area contributed by atoms with Crippen molar-refractivity contribution in [3.8, 4) is 0 Å². The third-order valence-corrected chi connectivity index (χ3v) is 3.89. The minimum absolute atomic E-state index is 0.0280. The Labute approximate surface area is 116 Å². The summed E-state index contributed by atoms with van der Waals surface area (Å²) < 4.78 is 0. The lowest BCUT2D eigenvalue weighted by Crippen LogP contribution is -2.38. The molecule has 0 aliphatic carbocycles. The molecule has 19 heavy (non-hydrogen) atoms. The van der Waals surface area contributed by atoms with Crippen LogP contribution in [0.3, 0.4) is 0 Å². The third-order valence-electron chi connectivity index (χ3n) is 3.89. The smallest absolute Gasteiger partial charge is 0.241 e. The van der Waals surface area contributed by atoms with E-state index in [9.17, 15) is 4.79 Å². The second-order valence-electron chi connectivity index (χ2n) is 5.32. The Morgan fingerprint density at radius 3 is 2.53 bits per heavy atom. The Morgan fingerprint density at radius 1 is 1.26 bits per heavy atom. The zero-order chi connectivity index (χ0) is 13.8. The number of nitrogens with zero attached hydrogens (tertiary/aromatic N) is 1. The van der Waals surface area contributed by atoms with Gasteiger partial charge in [-0.15, -0.1) is 0 Å². The average Bonchev–Trinajstić information content (AvgIpc) is 2.77. The Balaban J connectivity index is 2.26. The minimum atomic E-state index is -0.0375. The van der Waals surface area contributed by atoms with Crippen molar-refractivity contribution in [1.29, 1.82) is 0 Å². The number of carbonyl (C=O) groups excluding carboxylic acids is 1. The van der Waals surface area contributed by atoms with E-state index in [-0.39, 0.29) is 24.2 Å². The molecule has 3 unspecified atom stereocenters. The van der Waals surface area contributed by atoms with Gasteiger partial charge in [-0.2, -0.15) is 0 Å². The van der Waals surface area contributed by atoms with Gasteiger partial charge >= 0.3 is 0 Å². The number of benzene rings is 1. The molecular weight excluding hydrogens is 236 g/mol. The van der Waals surface area contributed by atoms with Crippen LogP contribution in [0, 0.1) is 0 Å². The fraction of sp³-hybridized carbons (Fsp3) is 0.562. The van der Waals surface area contributed by atoms with E-state index >= 15 is 0 Å². The molecule has 1 N–H and O–H groups in total. The highest BCUT2D eigenvalue weighted by atomic mass is 16.2. The fourth-order valence-corrected chi connectivity index (χ4v) is 2.86. The Bertz CT molecular complexity index is 418. The summed E-state index contributed by atoms with van der Waals surface area (Å²) >= 11 is 0. The monoisotopic (exact) mass is 260 g/mol. The summed E-state index contributed by atoms with van der Waals surface area (Å²) in [5.74, 6) is 0.248. The molecule has 0 saturated carbocycles. The molecule has 1 aromatic rings. The van der Waals surface area contributed by atoms with Crippen LogP contribution < -0.4 is 5.32 Å². The number of amides is 1. The average molecular weight is 260 g/mol. The molecule has 2 rings (SSSR count). The van der Waals surface area contributed by atoms with E-state index in [0.717, 1.165) is 19.3 Å². The van der Waals surface area contributed by atoms with Gasteiger partial charge in [-0.1, -0.05) is 50.6 Å². The van der Waals surface area contributed by atoms with Gasteiger partial charge in [0.05, 0.1) is 6.04 Å². The van der Waals surface area contributed by atoms with Crippen LogP contribution in [0.4, 0.5) is 0 Å². The highest BCUT2D eigenvalue weighted by Crippen LogP contribution is 2.29. The number of carbonyl (C=O) groups is 1. The number of hydrogen-bond donors (Lipinski definition) is 1. The van der Waals surface area contributed by atoms with Crippen molar-refractivity contribution < 1.29 is 4.79 Å². The van der Waals surface area contributed by atoms with E-state index in [1.165, 1.54) is 5.56 Å². The van der Waals surface area contributed by atoms with Crippen LogP contribution in [-0.4, -0.2) is 22.9 Å². The predicted molar refractivity (Wildman–Crippen MR) is 77.6 cm³/mol. The van der Waals surface area contributed by atoms with Crippen molar-refractivity contribution in [3.05, 3.63) is 35.9 Å². The molecule has 1 aliphatic rings. The predicted octanol–water partition coefficient (Wildman–Crippen LogP) is 3.08. The van der Waals surface area contributed by atoms with Crippen LogP contribution in [0.5, 0.6) is 0 Å². The second kappa shape index (κ2) is 6.20. The van der Waals surface area contributed by atoms with E-state index in [1.54, 1.807) is 0 Å². The summed E-state index contributed by atoms with van der Waals surface area (Å²) in [5, 5.41) is 3.47. The zero-order valence-corrected chi connectivity index (χ0v) is 12.1. The molecule has 1 fully saturated rings. The third kappa shape index (κ3) is 2.81. The van der Waals surface area contributed by atoms with Crippen LogP contribution in [-0.2, 0) is 4.79 Å². The van der Waals surface area contributed by atoms with Crippen LogP contribution >= 0.6 is 0 Å². The first-order valence-corrected chi connectivity index (χ1v) is 7.32. The molecule has 0 radical (unpaired) electrons. The van der Waals surface area contributed by atoms with Crippen molar-refractivity contribution in [1.82, 2.24) is 10.2 Å². The topological polar surface area (TPSA) is 32.3 Å². The summed E-state index contributed by atoms with van der Waals surface area (Å²) in [4.78, 5) is 14.5. The summed E-state index contributed by atoms with van der Waals surface area (Å²) in [7, 11) is 0. The SMILES string of the molecule is CCCC(C)N1C(=O)C(CC)NC1c1ccccc1. The Kier molecular flexibility index (Phi) is 4.59. The maximum absolute atomic E-state index is 12.5. The second-order valence-corrected chi connectivity index (χ2v) is 5.32. The fourth-order valence-electron chi connectivity index (χ4n) is 2.86. The van der Waals surface area contributed by atoms with E-state index in [0.29, 0.717) is 0 Å². The van der Waals surface area contributed by atoms with Gasteiger partial charge in [0.1, 0.15) is 6.17 Å². The maximum atomic E-state index is 12.5. The van der Waals surface area contributed by atoms with Gasteiger partial charge in [0.2, 0.25) is 5.91 Å². The molecule has 1 amide bonds. The van der Waals surface area contributed by atoms with E-state index in [4.69, 9.17) is 0 Å². The van der Waals surface area contributed by atoms with E-state index < -0.39 is 0 Å². The molecule has 0 bridgehead atoms. The Morgan fingerprint density at radius 2 is 1.95 bits per heavy atom. The van der Waals surface area contributed by atoms with Crippen LogP contribution in [0.25, 0.3) is 0 Å². The van der Waals surface area contributed by atoms with Crippen molar-refractivity contribution in [2.45, 2.75) is 58.3 Å². The molecular formula is C16H24N2O. The van der Waals surface area contributed by atoms with Gasteiger partial charge in [0, 0.05) is 6.04 Å². The lowest BCUT2D eigenvalue weighted by atomic mass is 10.1.